The van der Waals surface area contributed by atoms with E-state index in [0.29, 0.717) is 18.8 Å². The maximum atomic E-state index is 12.3. The van der Waals surface area contributed by atoms with Crippen LogP contribution in [0.15, 0.2) is 42.9 Å². The average Bonchev–Trinajstić information content (AvgIpc) is 3.43. The Morgan fingerprint density at radius 3 is 3.04 bits per heavy atom. The minimum Gasteiger partial charge on any atom is -0.360 e. The Labute approximate surface area is 157 Å². The lowest BCUT2D eigenvalue weighted by molar-refractivity contribution is -0.121. The third-order valence-corrected chi connectivity index (χ3v) is 4.88. The van der Waals surface area contributed by atoms with Crippen LogP contribution in [0, 0.1) is 0 Å². The van der Waals surface area contributed by atoms with Crippen LogP contribution in [-0.4, -0.2) is 49.8 Å². The van der Waals surface area contributed by atoms with Gasteiger partial charge in [-0.15, -0.1) is 0 Å². The molecule has 0 bridgehead atoms. The molecule has 0 aliphatic carbocycles. The lowest BCUT2D eigenvalue weighted by Crippen LogP contribution is -2.37. The molecule has 1 atom stereocenters. The van der Waals surface area contributed by atoms with E-state index in [2.05, 4.69) is 30.3 Å². The molecule has 0 saturated carbocycles. The number of H-pyrrole nitrogens is 1. The van der Waals surface area contributed by atoms with E-state index in [1.165, 1.54) is 0 Å². The Kier molecular flexibility index (Phi) is 4.86. The Bertz CT molecular complexity index is 902. The minimum atomic E-state index is 0.0732. The highest BCUT2D eigenvalue weighted by Crippen LogP contribution is 2.20. The molecule has 4 heterocycles. The zero-order chi connectivity index (χ0) is 18.6. The molecular formula is C19H23N7O. The summed E-state index contributed by atoms with van der Waals surface area (Å²) in [7, 11) is 1.89. The predicted octanol–water partition coefficient (Wildman–Crippen LogP) is 1.53. The molecule has 1 amide bonds. The molecule has 0 spiro atoms. The summed E-state index contributed by atoms with van der Waals surface area (Å²) in [4.78, 5) is 26.6. The van der Waals surface area contributed by atoms with Crippen molar-refractivity contribution in [3.8, 4) is 11.4 Å². The fourth-order valence-electron chi connectivity index (χ4n) is 3.39. The third-order valence-electron chi connectivity index (χ3n) is 4.88. The number of carbonyl (C=O) groups excluding carboxylic acids is 1. The van der Waals surface area contributed by atoms with Gasteiger partial charge in [-0.1, -0.05) is 0 Å². The summed E-state index contributed by atoms with van der Waals surface area (Å²) in [5.74, 6) is 0.776. The van der Waals surface area contributed by atoms with Crippen molar-refractivity contribution in [2.75, 3.05) is 18.0 Å². The Morgan fingerprint density at radius 1 is 1.33 bits per heavy atom. The number of aryl methyl sites for hydroxylation is 2. The van der Waals surface area contributed by atoms with Crippen molar-refractivity contribution < 1.29 is 4.79 Å². The van der Waals surface area contributed by atoms with Crippen LogP contribution < -0.4 is 10.2 Å². The van der Waals surface area contributed by atoms with Crippen LogP contribution in [0.25, 0.3) is 11.4 Å². The van der Waals surface area contributed by atoms with Gasteiger partial charge in [0.2, 0.25) is 11.9 Å². The maximum absolute atomic E-state index is 12.3. The summed E-state index contributed by atoms with van der Waals surface area (Å²) < 4.78 is 1.80. The van der Waals surface area contributed by atoms with Crippen molar-refractivity contribution in [2.24, 2.45) is 7.05 Å². The van der Waals surface area contributed by atoms with E-state index >= 15 is 0 Å². The Morgan fingerprint density at radius 2 is 2.26 bits per heavy atom. The molecule has 4 rings (SSSR count). The standard InChI is InChI=1S/C19H23N7O/c1-25-15(6-11-22-25)4-5-18(27)23-14-8-12-26(13-14)19-21-10-7-17(24-19)16-3-2-9-20-16/h2-3,6-7,9-11,14,20H,4-5,8,12-13H2,1H3,(H,23,27). The summed E-state index contributed by atoms with van der Waals surface area (Å²) in [5, 5.41) is 7.26. The van der Waals surface area contributed by atoms with E-state index in [1.54, 1.807) is 17.1 Å². The topological polar surface area (TPSA) is 91.7 Å². The molecule has 2 N–H and O–H groups in total. The Hall–Kier alpha value is -3.16. The molecule has 27 heavy (non-hydrogen) atoms. The smallest absolute Gasteiger partial charge is 0.225 e. The summed E-state index contributed by atoms with van der Waals surface area (Å²) in [6, 6.07) is 7.90. The molecule has 3 aromatic rings. The van der Waals surface area contributed by atoms with E-state index in [0.717, 1.165) is 36.6 Å². The molecule has 1 saturated heterocycles. The molecule has 8 heteroatoms. The zero-order valence-corrected chi connectivity index (χ0v) is 15.3. The highest BCUT2D eigenvalue weighted by Gasteiger charge is 2.25. The predicted molar refractivity (Wildman–Crippen MR) is 102 cm³/mol. The fourth-order valence-corrected chi connectivity index (χ4v) is 3.39. The Balaban J connectivity index is 1.32. The van der Waals surface area contributed by atoms with Gasteiger partial charge in [-0.3, -0.25) is 9.48 Å². The lowest BCUT2D eigenvalue weighted by Gasteiger charge is -2.17. The number of hydrogen-bond acceptors (Lipinski definition) is 5. The van der Waals surface area contributed by atoms with Crippen molar-refractivity contribution in [3.63, 3.8) is 0 Å². The monoisotopic (exact) mass is 365 g/mol. The van der Waals surface area contributed by atoms with Crippen molar-refractivity contribution >= 4 is 11.9 Å². The second kappa shape index (κ2) is 7.61. The second-order valence-corrected chi connectivity index (χ2v) is 6.77. The first-order valence-corrected chi connectivity index (χ1v) is 9.17. The van der Waals surface area contributed by atoms with Crippen LogP contribution >= 0.6 is 0 Å². The van der Waals surface area contributed by atoms with Gasteiger partial charge in [0.05, 0.1) is 11.4 Å². The number of rotatable bonds is 6. The van der Waals surface area contributed by atoms with Gasteiger partial charge in [-0.2, -0.15) is 5.10 Å². The number of nitrogens with zero attached hydrogens (tertiary/aromatic N) is 5. The van der Waals surface area contributed by atoms with Gasteiger partial charge >= 0.3 is 0 Å². The van der Waals surface area contributed by atoms with E-state index in [-0.39, 0.29) is 11.9 Å². The van der Waals surface area contributed by atoms with Gasteiger partial charge in [-0.25, -0.2) is 9.97 Å². The molecule has 1 unspecified atom stereocenters. The number of carbonyl (C=O) groups is 1. The van der Waals surface area contributed by atoms with Crippen molar-refractivity contribution in [1.29, 1.82) is 0 Å². The van der Waals surface area contributed by atoms with Gasteiger partial charge < -0.3 is 15.2 Å². The van der Waals surface area contributed by atoms with Gasteiger partial charge in [-0.05, 0) is 37.1 Å². The molecule has 8 nitrogen and oxygen atoms in total. The normalized spacial score (nSPS) is 16.6. The van der Waals surface area contributed by atoms with Crippen LogP contribution in [0.3, 0.4) is 0 Å². The number of hydrogen-bond donors (Lipinski definition) is 2. The van der Waals surface area contributed by atoms with Crippen molar-refractivity contribution in [2.45, 2.75) is 25.3 Å². The van der Waals surface area contributed by atoms with Crippen LogP contribution in [0.5, 0.6) is 0 Å². The van der Waals surface area contributed by atoms with Crippen molar-refractivity contribution in [1.82, 2.24) is 30.0 Å². The van der Waals surface area contributed by atoms with Gasteiger partial charge in [0.25, 0.3) is 0 Å². The van der Waals surface area contributed by atoms with E-state index in [4.69, 9.17) is 0 Å². The number of amides is 1. The highest BCUT2D eigenvalue weighted by atomic mass is 16.1. The summed E-state index contributed by atoms with van der Waals surface area (Å²) >= 11 is 0. The largest absolute Gasteiger partial charge is 0.360 e. The molecule has 140 valence electrons. The average molecular weight is 365 g/mol. The molecule has 1 fully saturated rings. The number of nitrogens with one attached hydrogen (secondary N) is 2. The number of anilines is 1. The molecule has 3 aromatic heterocycles. The van der Waals surface area contributed by atoms with Crippen molar-refractivity contribution in [3.05, 3.63) is 48.5 Å². The van der Waals surface area contributed by atoms with Crippen LogP contribution in [-0.2, 0) is 18.3 Å². The summed E-state index contributed by atoms with van der Waals surface area (Å²) in [6.45, 7) is 1.56. The number of aromatic nitrogens is 5. The van der Waals surface area contributed by atoms with Crippen LogP contribution in [0.4, 0.5) is 5.95 Å². The highest BCUT2D eigenvalue weighted by molar-refractivity contribution is 5.76. The SMILES string of the molecule is Cn1nccc1CCC(=O)NC1CCN(c2nccc(-c3ccc[nH]3)n2)C1. The van der Waals surface area contributed by atoms with Crippen LogP contribution in [0.1, 0.15) is 18.5 Å². The first-order chi connectivity index (χ1) is 13.2. The maximum Gasteiger partial charge on any atom is 0.225 e. The molecule has 0 radical (unpaired) electrons. The zero-order valence-electron chi connectivity index (χ0n) is 15.3. The summed E-state index contributed by atoms with van der Waals surface area (Å²) in [5.41, 5.74) is 2.90. The van der Waals surface area contributed by atoms with E-state index in [9.17, 15) is 4.79 Å². The molecule has 1 aliphatic rings. The minimum absolute atomic E-state index is 0.0732. The van der Waals surface area contributed by atoms with Gasteiger partial charge in [0.15, 0.2) is 0 Å². The fraction of sp³-hybridized carbons (Fsp3) is 0.368. The van der Waals surface area contributed by atoms with Gasteiger partial charge in [0.1, 0.15) is 0 Å². The molecule has 0 aromatic carbocycles. The van der Waals surface area contributed by atoms with Crippen LogP contribution in [0.2, 0.25) is 0 Å². The lowest BCUT2D eigenvalue weighted by atomic mass is 10.2. The second-order valence-electron chi connectivity index (χ2n) is 6.77. The van der Waals surface area contributed by atoms with E-state index < -0.39 is 0 Å². The quantitative estimate of drug-likeness (QED) is 0.691. The summed E-state index contributed by atoms with van der Waals surface area (Å²) in [6.07, 6.45) is 7.47. The number of aromatic amines is 1. The first-order valence-electron chi connectivity index (χ1n) is 9.17. The van der Waals surface area contributed by atoms with E-state index in [1.807, 2.05) is 37.5 Å². The molecular weight excluding hydrogens is 342 g/mol. The first kappa shape index (κ1) is 17.3. The third kappa shape index (κ3) is 3.99. The van der Waals surface area contributed by atoms with Gasteiger partial charge in [0, 0.05) is 56.9 Å². The molecule has 1 aliphatic heterocycles.